The summed E-state index contributed by atoms with van der Waals surface area (Å²) < 4.78 is 0. The van der Waals surface area contributed by atoms with Gasteiger partial charge in [-0.15, -0.1) is 11.3 Å². The number of nitriles is 1. The van der Waals surface area contributed by atoms with Gasteiger partial charge in [0.05, 0.1) is 6.07 Å². The lowest BCUT2D eigenvalue weighted by atomic mass is 9.69. The lowest BCUT2D eigenvalue weighted by Crippen LogP contribution is -2.54. The van der Waals surface area contributed by atoms with Crippen LogP contribution in [0.1, 0.15) is 24.1 Å². The SMILES string of the molecule is N#CC1(C(=O)N2CCN(Cc3ccc(-c4cccc(Cl)c4)s3)CC2)CCC1. The number of piperazine rings is 1. The number of carbonyl (C=O) groups excluding carboxylic acids is 1. The number of nitrogens with zero attached hydrogens (tertiary/aromatic N) is 3. The molecule has 27 heavy (non-hydrogen) atoms. The highest BCUT2D eigenvalue weighted by molar-refractivity contribution is 7.15. The Morgan fingerprint density at radius 2 is 1.96 bits per heavy atom. The molecule has 1 aromatic heterocycles. The molecule has 0 bridgehead atoms. The quantitative estimate of drug-likeness (QED) is 0.765. The molecule has 1 amide bonds. The van der Waals surface area contributed by atoms with E-state index in [-0.39, 0.29) is 5.91 Å². The predicted molar refractivity (Wildman–Crippen MR) is 109 cm³/mol. The molecular formula is C21H22ClN3OS. The maximum Gasteiger partial charge on any atom is 0.243 e. The maximum absolute atomic E-state index is 12.7. The average Bonchev–Trinajstić information content (AvgIpc) is 3.10. The second kappa shape index (κ2) is 7.63. The highest BCUT2D eigenvalue weighted by atomic mass is 35.5. The Labute approximate surface area is 169 Å². The second-order valence-electron chi connectivity index (χ2n) is 7.39. The third-order valence-electron chi connectivity index (χ3n) is 5.64. The highest BCUT2D eigenvalue weighted by Gasteiger charge is 2.47. The topological polar surface area (TPSA) is 47.3 Å². The smallest absolute Gasteiger partial charge is 0.243 e. The van der Waals surface area contributed by atoms with E-state index in [4.69, 9.17) is 11.6 Å². The van der Waals surface area contributed by atoms with E-state index >= 15 is 0 Å². The molecule has 0 atom stereocenters. The number of hydrogen-bond donors (Lipinski definition) is 0. The van der Waals surface area contributed by atoms with E-state index in [1.165, 1.54) is 9.75 Å². The first-order valence-electron chi connectivity index (χ1n) is 9.37. The van der Waals surface area contributed by atoms with Gasteiger partial charge in [0, 0.05) is 47.5 Å². The Hall–Kier alpha value is -1.87. The predicted octanol–water partition coefficient (Wildman–Crippen LogP) is 4.41. The molecule has 0 N–H and O–H groups in total. The van der Waals surface area contributed by atoms with Crippen LogP contribution in [0.2, 0.25) is 5.02 Å². The molecule has 0 spiro atoms. The zero-order chi connectivity index (χ0) is 18.9. The van der Waals surface area contributed by atoms with Gasteiger partial charge in [0.15, 0.2) is 0 Å². The first-order valence-corrected chi connectivity index (χ1v) is 10.6. The van der Waals surface area contributed by atoms with Crippen molar-refractivity contribution in [3.63, 3.8) is 0 Å². The standard InChI is InChI=1S/C21H22ClN3OS/c22-17-4-1-3-16(13-17)19-6-5-18(27-19)14-24-9-11-25(12-10-24)20(26)21(15-23)7-2-8-21/h1,3-6,13H,2,7-12,14H2. The van der Waals surface area contributed by atoms with Gasteiger partial charge in [-0.05, 0) is 49.1 Å². The van der Waals surface area contributed by atoms with Gasteiger partial charge in [-0.2, -0.15) is 5.26 Å². The van der Waals surface area contributed by atoms with Crippen molar-refractivity contribution in [1.82, 2.24) is 9.80 Å². The van der Waals surface area contributed by atoms with Crippen molar-refractivity contribution >= 4 is 28.8 Å². The van der Waals surface area contributed by atoms with Crippen LogP contribution in [0.25, 0.3) is 10.4 Å². The summed E-state index contributed by atoms with van der Waals surface area (Å²) in [5.41, 5.74) is 0.429. The lowest BCUT2D eigenvalue weighted by molar-refractivity contribution is -0.144. The highest BCUT2D eigenvalue weighted by Crippen LogP contribution is 2.42. The molecule has 0 radical (unpaired) electrons. The fraction of sp³-hybridized carbons (Fsp3) is 0.429. The maximum atomic E-state index is 12.7. The van der Waals surface area contributed by atoms with Crippen LogP contribution in [0.3, 0.4) is 0 Å². The zero-order valence-electron chi connectivity index (χ0n) is 15.2. The number of thiophene rings is 1. The summed E-state index contributed by atoms with van der Waals surface area (Å²) in [7, 11) is 0. The van der Waals surface area contributed by atoms with Crippen molar-refractivity contribution in [2.75, 3.05) is 26.2 Å². The van der Waals surface area contributed by atoms with E-state index in [9.17, 15) is 10.1 Å². The van der Waals surface area contributed by atoms with E-state index in [0.29, 0.717) is 0 Å². The van der Waals surface area contributed by atoms with Crippen molar-refractivity contribution in [2.24, 2.45) is 5.41 Å². The molecule has 2 aliphatic rings. The van der Waals surface area contributed by atoms with Crippen LogP contribution in [0, 0.1) is 16.7 Å². The van der Waals surface area contributed by atoms with Crippen LogP contribution in [-0.2, 0) is 11.3 Å². The van der Waals surface area contributed by atoms with Crippen LogP contribution in [0.4, 0.5) is 0 Å². The van der Waals surface area contributed by atoms with Gasteiger partial charge in [-0.1, -0.05) is 23.7 Å². The summed E-state index contributed by atoms with van der Waals surface area (Å²) in [6.45, 7) is 4.05. The fourth-order valence-electron chi connectivity index (χ4n) is 3.80. The molecule has 140 valence electrons. The minimum absolute atomic E-state index is 0.0512. The number of hydrogen-bond acceptors (Lipinski definition) is 4. The summed E-state index contributed by atoms with van der Waals surface area (Å²) in [6, 6.07) is 14.5. The third-order valence-corrected chi connectivity index (χ3v) is 6.99. The molecule has 4 rings (SSSR count). The normalized spacial score (nSPS) is 19.3. The van der Waals surface area contributed by atoms with Gasteiger partial charge < -0.3 is 4.90 Å². The second-order valence-corrected chi connectivity index (χ2v) is 9.00. The summed E-state index contributed by atoms with van der Waals surface area (Å²) in [5.74, 6) is 0.0512. The average molecular weight is 400 g/mol. The summed E-state index contributed by atoms with van der Waals surface area (Å²) in [5, 5.41) is 10.1. The molecule has 1 aliphatic heterocycles. The number of rotatable bonds is 4. The first-order chi connectivity index (χ1) is 13.1. The molecule has 2 fully saturated rings. The number of halogens is 1. The Bertz CT molecular complexity index is 876. The number of benzene rings is 1. The lowest BCUT2D eigenvalue weighted by Gasteiger charge is -2.41. The van der Waals surface area contributed by atoms with Crippen LogP contribution in [-0.4, -0.2) is 41.9 Å². The van der Waals surface area contributed by atoms with Crippen molar-refractivity contribution in [3.8, 4) is 16.5 Å². The summed E-state index contributed by atoms with van der Waals surface area (Å²) >= 11 is 7.89. The van der Waals surface area contributed by atoms with Gasteiger partial charge in [0.25, 0.3) is 0 Å². The molecule has 6 heteroatoms. The van der Waals surface area contributed by atoms with E-state index in [2.05, 4.69) is 29.2 Å². The first kappa shape index (κ1) is 18.5. The van der Waals surface area contributed by atoms with Crippen LogP contribution >= 0.6 is 22.9 Å². The van der Waals surface area contributed by atoms with Crippen molar-refractivity contribution < 1.29 is 4.79 Å². The number of amides is 1. The molecular weight excluding hydrogens is 378 g/mol. The Morgan fingerprint density at radius 3 is 2.59 bits per heavy atom. The van der Waals surface area contributed by atoms with E-state index < -0.39 is 5.41 Å². The molecule has 4 nitrogen and oxygen atoms in total. The van der Waals surface area contributed by atoms with Gasteiger partial charge >= 0.3 is 0 Å². The zero-order valence-corrected chi connectivity index (χ0v) is 16.7. The van der Waals surface area contributed by atoms with E-state index in [1.807, 2.05) is 23.1 Å². The van der Waals surface area contributed by atoms with Crippen molar-refractivity contribution in [1.29, 1.82) is 5.26 Å². The van der Waals surface area contributed by atoms with E-state index in [0.717, 1.165) is 62.6 Å². The minimum Gasteiger partial charge on any atom is -0.339 e. The molecule has 1 saturated carbocycles. The van der Waals surface area contributed by atoms with Crippen LogP contribution < -0.4 is 0 Å². The van der Waals surface area contributed by atoms with Gasteiger partial charge in [-0.3, -0.25) is 9.69 Å². The molecule has 1 saturated heterocycles. The van der Waals surface area contributed by atoms with E-state index in [1.54, 1.807) is 11.3 Å². The molecule has 1 aliphatic carbocycles. The fourth-order valence-corrected chi connectivity index (χ4v) is 5.03. The van der Waals surface area contributed by atoms with Gasteiger partial charge in [-0.25, -0.2) is 0 Å². The van der Waals surface area contributed by atoms with Crippen molar-refractivity contribution in [3.05, 3.63) is 46.3 Å². The molecule has 1 aromatic carbocycles. The van der Waals surface area contributed by atoms with Crippen molar-refractivity contribution in [2.45, 2.75) is 25.8 Å². The minimum atomic E-state index is -0.720. The molecule has 2 aromatic rings. The monoisotopic (exact) mass is 399 g/mol. The Kier molecular flexibility index (Phi) is 5.23. The summed E-state index contributed by atoms with van der Waals surface area (Å²) in [6.07, 6.45) is 2.45. The Morgan fingerprint density at radius 1 is 1.19 bits per heavy atom. The van der Waals surface area contributed by atoms with Crippen LogP contribution in [0.15, 0.2) is 36.4 Å². The largest absolute Gasteiger partial charge is 0.339 e. The van der Waals surface area contributed by atoms with Gasteiger partial charge in [0.1, 0.15) is 5.41 Å². The summed E-state index contributed by atoms with van der Waals surface area (Å²) in [4.78, 5) is 19.5. The number of carbonyl (C=O) groups is 1. The Balaban J connectivity index is 1.33. The molecule has 0 unspecified atom stereocenters. The third kappa shape index (κ3) is 3.75. The van der Waals surface area contributed by atoms with Crippen LogP contribution in [0.5, 0.6) is 0 Å². The van der Waals surface area contributed by atoms with Gasteiger partial charge in [0.2, 0.25) is 5.91 Å². The molecule has 2 heterocycles.